The fourth-order valence-electron chi connectivity index (χ4n) is 11.9. The third-order valence-corrected chi connectivity index (χ3v) is 15.4. The van der Waals surface area contributed by atoms with Gasteiger partial charge in [0, 0.05) is 72.9 Å². The number of benzene rings is 10. The summed E-state index contributed by atoms with van der Waals surface area (Å²) in [4.78, 5) is 4.90. The van der Waals surface area contributed by atoms with Crippen molar-refractivity contribution in [1.82, 2.24) is 9.13 Å². The Kier molecular flexibility index (Phi) is 11.4. The molecule has 0 amide bonds. The van der Waals surface area contributed by atoms with E-state index in [2.05, 4.69) is 298 Å². The van der Waals surface area contributed by atoms with Gasteiger partial charge in [-0.05, 0) is 168 Å². The molecule has 0 fully saturated rings. The van der Waals surface area contributed by atoms with Crippen molar-refractivity contribution in [2.75, 3.05) is 9.80 Å². The summed E-state index contributed by atoms with van der Waals surface area (Å²) in [5.74, 6) is 0. The Bertz CT molecular complexity index is 4200. The van der Waals surface area contributed by atoms with E-state index in [4.69, 9.17) is 0 Å². The molecule has 76 heavy (non-hydrogen) atoms. The molecule has 0 unspecified atom stereocenters. The van der Waals surface area contributed by atoms with Gasteiger partial charge in [0.05, 0.1) is 16.6 Å². The molecular weight excluding hydrogens is 921 g/mol. The Labute approximate surface area is 444 Å². The number of nitrogens with zero attached hydrogens (tertiary/aromatic N) is 4. The molecule has 0 N–H and O–H groups in total. The molecule has 0 aliphatic heterocycles. The maximum Gasteiger partial charge on any atom is 0.0542 e. The van der Waals surface area contributed by atoms with Gasteiger partial charge in [0.2, 0.25) is 0 Å². The summed E-state index contributed by atoms with van der Waals surface area (Å²) >= 11 is 0. The van der Waals surface area contributed by atoms with Crippen LogP contribution >= 0.6 is 0 Å². The van der Waals surface area contributed by atoms with Gasteiger partial charge in [-0.3, -0.25) is 0 Å². The normalized spacial score (nSPS) is 13.2. The molecule has 2 aliphatic rings. The first kappa shape index (κ1) is 45.0. The van der Waals surface area contributed by atoms with Crippen LogP contribution in [0.4, 0.5) is 28.4 Å². The lowest BCUT2D eigenvalue weighted by Gasteiger charge is -2.31. The molecule has 2 aliphatic carbocycles. The molecule has 14 rings (SSSR count). The van der Waals surface area contributed by atoms with Crippen LogP contribution in [-0.2, 0) is 6.42 Å². The summed E-state index contributed by atoms with van der Waals surface area (Å²) in [5, 5.41) is 3.72. The van der Waals surface area contributed by atoms with Crippen LogP contribution in [0.25, 0.3) is 78.0 Å². The number of para-hydroxylation sites is 4. The molecule has 0 saturated heterocycles. The van der Waals surface area contributed by atoms with Gasteiger partial charge in [-0.1, -0.05) is 170 Å². The average molecular weight is 975 g/mol. The van der Waals surface area contributed by atoms with Crippen molar-refractivity contribution in [2.45, 2.75) is 25.7 Å². The SMILES string of the molecule is C1=CC(c2cccc(N(C3=Cc4c(n(-c5ccccc5)c5ccccc45)CC3)c3ccc(-c4ccc(N(c5cccc(-c6ccccc6)c5)c5ccc6c(c5)c5ccccc5n6-c5ccccc5)cc4)cc3)c2)=CCC1. The summed E-state index contributed by atoms with van der Waals surface area (Å²) < 4.78 is 4.85. The van der Waals surface area contributed by atoms with Crippen LogP contribution in [0.1, 0.15) is 36.1 Å². The third kappa shape index (κ3) is 8.12. The number of hydrogen-bond donors (Lipinski definition) is 0. The van der Waals surface area contributed by atoms with E-state index in [1.165, 1.54) is 83.2 Å². The quantitative estimate of drug-likeness (QED) is 0.128. The van der Waals surface area contributed by atoms with Crippen molar-refractivity contribution in [3.63, 3.8) is 0 Å². The summed E-state index contributed by atoms with van der Waals surface area (Å²) in [7, 11) is 0. The molecule has 0 atom stereocenters. The lowest BCUT2D eigenvalue weighted by atomic mass is 9.96. The Balaban J connectivity index is 0.849. The van der Waals surface area contributed by atoms with E-state index in [0.29, 0.717) is 0 Å². The number of aromatic nitrogens is 2. The molecule has 0 spiro atoms. The minimum atomic E-state index is 0.902. The first-order valence-corrected chi connectivity index (χ1v) is 26.6. The Hall–Kier alpha value is -9.64. The highest BCUT2D eigenvalue weighted by Gasteiger charge is 2.26. The van der Waals surface area contributed by atoms with Crippen LogP contribution in [0.15, 0.2) is 279 Å². The molecule has 0 saturated carbocycles. The maximum atomic E-state index is 2.50. The van der Waals surface area contributed by atoms with E-state index in [9.17, 15) is 0 Å². The van der Waals surface area contributed by atoms with Gasteiger partial charge >= 0.3 is 0 Å². The van der Waals surface area contributed by atoms with E-state index < -0.39 is 0 Å². The number of hydrogen-bond acceptors (Lipinski definition) is 2. The van der Waals surface area contributed by atoms with Gasteiger partial charge in [0.15, 0.2) is 0 Å². The van der Waals surface area contributed by atoms with Crippen molar-refractivity contribution in [1.29, 1.82) is 0 Å². The first-order valence-electron chi connectivity index (χ1n) is 26.6. The minimum Gasteiger partial charge on any atom is -0.314 e. The highest BCUT2D eigenvalue weighted by atomic mass is 15.2. The van der Waals surface area contributed by atoms with Gasteiger partial charge in [0.1, 0.15) is 0 Å². The predicted octanol–water partition coefficient (Wildman–Crippen LogP) is 19.4. The van der Waals surface area contributed by atoms with Crippen LogP contribution in [0, 0.1) is 0 Å². The summed E-state index contributed by atoms with van der Waals surface area (Å²) in [6.07, 6.45) is 13.4. The molecule has 362 valence electrons. The molecule has 4 nitrogen and oxygen atoms in total. The molecule has 2 heterocycles. The van der Waals surface area contributed by atoms with Gasteiger partial charge in [-0.25, -0.2) is 0 Å². The van der Waals surface area contributed by atoms with Gasteiger partial charge in [-0.15, -0.1) is 0 Å². The van der Waals surface area contributed by atoms with Crippen molar-refractivity contribution in [3.8, 4) is 33.6 Å². The van der Waals surface area contributed by atoms with Gasteiger partial charge in [0.25, 0.3) is 0 Å². The lowest BCUT2D eigenvalue weighted by molar-refractivity contribution is 0.838. The van der Waals surface area contributed by atoms with Crippen LogP contribution in [0.3, 0.4) is 0 Å². The summed E-state index contributed by atoms with van der Waals surface area (Å²) in [6.45, 7) is 0. The first-order chi connectivity index (χ1) is 37.7. The zero-order chi connectivity index (χ0) is 50.4. The monoisotopic (exact) mass is 974 g/mol. The summed E-state index contributed by atoms with van der Waals surface area (Å²) in [5.41, 5.74) is 22.7. The fourth-order valence-corrected chi connectivity index (χ4v) is 11.9. The second-order valence-corrected chi connectivity index (χ2v) is 19.9. The second-order valence-electron chi connectivity index (χ2n) is 19.9. The van der Waals surface area contributed by atoms with Crippen molar-refractivity contribution < 1.29 is 0 Å². The van der Waals surface area contributed by atoms with E-state index in [1.54, 1.807) is 0 Å². The van der Waals surface area contributed by atoms with E-state index in [0.717, 1.165) is 65.4 Å². The van der Waals surface area contributed by atoms with E-state index in [1.807, 2.05) is 0 Å². The molecule has 12 aromatic rings. The van der Waals surface area contributed by atoms with Gasteiger partial charge < -0.3 is 18.9 Å². The number of anilines is 5. The average Bonchev–Trinajstić information content (AvgIpc) is 4.02. The molecule has 0 radical (unpaired) electrons. The predicted molar refractivity (Wildman–Crippen MR) is 321 cm³/mol. The standard InChI is InChI=1S/C72H54N4/c1-5-19-51(20-6-1)55-23-17-29-61(47-55)73(63-43-45-71-67(49-63)65-31-13-15-33-69(65)75(71)57-25-9-3-10-26-57)59-39-35-53(36-40-59)54-37-41-60(42-38-54)74(62-30-18-24-56(48-62)52-21-7-2-8-22-52)64-44-46-72-68(50-64)66-32-14-16-34-70(66)76(72)58-27-11-4-12-28-58/h1,3-7,9-43,45,47-50H,2,8,44,46H2. The topological polar surface area (TPSA) is 16.3 Å². The largest absolute Gasteiger partial charge is 0.314 e. The highest BCUT2D eigenvalue weighted by molar-refractivity contribution is 6.11. The molecule has 0 bridgehead atoms. The molecular formula is C72H54N4. The van der Waals surface area contributed by atoms with Crippen molar-refractivity contribution >= 4 is 72.8 Å². The Morgan fingerprint density at radius 3 is 1.53 bits per heavy atom. The van der Waals surface area contributed by atoms with Crippen LogP contribution in [0.5, 0.6) is 0 Å². The Morgan fingerprint density at radius 1 is 0.329 bits per heavy atom. The Morgan fingerprint density at radius 2 is 0.842 bits per heavy atom. The highest BCUT2D eigenvalue weighted by Crippen LogP contribution is 2.44. The van der Waals surface area contributed by atoms with Crippen LogP contribution in [0.2, 0.25) is 0 Å². The minimum absolute atomic E-state index is 0.902. The summed E-state index contributed by atoms with van der Waals surface area (Å²) in [6, 6.07) is 93.1. The zero-order valence-corrected chi connectivity index (χ0v) is 42.2. The number of fused-ring (bicyclic) bond motifs is 6. The second kappa shape index (κ2) is 19.3. The number of allylic oxidation sites excluding steroid dienone is 5. The third-order valence-electron chi connectivity index (χ3n) is 15.4. The number of rotatable bonds is 11. The van der Waals surface area contributed by atoms with Gasteiger partial charge in [-0.2, -0.15) is 0 Å². The maximum absolute atomic E-state index is 2.50. The fraction of sp³-hybridized carbons (Fsp3) is 0.0556. The van der Waals surface area contributed by atoms with E-state index >= 15 is 0 Å². The smallest absolute Gasteiger partial charge is 0.0542 e. The van der Waals surface area contributed by atoms with Crippen molar-refractivity contribution in [3.05, 3.63) is 296 Å². The zero-order valence-electron chi connectivity index (χ0n) is 42.2. The van der Waals surface area contributed by atoms with Crippen molar-refractivity contribution in [2.24, 2.45) is 0 Å². The lowest BCUT2D eigenvalue weighted by Crippen LogP contribution is -2.20. The molecule has 4 heteroatoms. The molecule has 2 aromatic heterocycles. The van der Waals surface area contributed by atoms with Crippen LogP contribution < -0.4 is 9.80 Å². The molecule has 10 aromatic carbocycles. The van der Waals surface area contributed by atoms with Crippen LogP contribution in [-0.4, -0.2) is 9.13 Å². The van der Waals surface area contributed by atoms with E-state index in [-0.39, 0.29) is 0 Å².